The Balaban J connectivity index is 2.58. The molecule has 0 radical (unpaired) electrons. The van der Waals surface area contributed by atoms with Gasteiger partial charge < -0.3 is 19.3 Å². The summed E-state index contributed by atoms with van der Waals surface area (Å²) in [7, 11) is 4.69. The molecule has 2 rings (SSSR count). The minimum atomic E-state index is 0.0912. The SMILES string of the molecule is COc1ccc(-c2cccc(OC)c2O)c(OC)c1. The molecule has 4 nitrogen and oxygen atoms in total. The lowest BCUT2D eigenvalue weighted by Crippen LogP contribution is -1.92. The van der Waals surface area contributed by atoms with Gasteiger partial charge in [-0.3, -0.25) is 0 Å². The van der Waals surface area contributed by atoms with Crippen molar-refractivity contribution in [2.45, 2.75) is 0 Å². The molecule has 0 aliphatic heterocycles. The zero-order valence-corrected chi connectivity index (χ0v) is 11.1. The number of ether oxygens (including phenoxy) is 3. The maximum Gasteiger partial charge on any atom is 0.165 e. The van der Waals surface area contributed by atoms with Crippen LogP contribution in [-0.4, -0.2) is 26.4 Å². The Bertz CT molecular complexity index is 578. The van der Waals surface area contributed by atoms with Crippen LogP contribution in [0.5, 0.6) is 23.0 Å². The summed E-state index contributed by atoms with van der Waals surface area (Å²) in [6.07, 6.45) is 0. The van der Waals surface area contributed by atoms with Crippen LogP contribution in [0.3, 0.4) is 0 Å². The van der Waals surface area contributed by atoms with Crippen molar-refractivity contribution in [1.29, 1.82) is 0 Å². The molecule has 0 bridgehead atoms. The van der Waals surface area contributed by atoms with Crippen molar-refractivity contribution in [1.82, 2.24) is 0 Å². The number of phenolic OH excluding ortho intramolecular Hbond substituents is 1. The third kappa shape index (κ3) is 2.42. The van der Waals surface area contributed by atoms with Gasteiger partial charge in [-0.2, -0.15) is 0 Å². The number of hydrogen-bond acceptors (Lipinski definition) is 4. The highest BCUT2D eigenvalue weighted by molar-refractivity contribution is 5.78. The minimum absolute atomic E-state index is 0.0912. The predicted molar refractivity (Wildman–Crippen MR) is 73.2 cm³/mol. The standard InChI is InChI=1S/C15H16O4/c1-17-10-7-8-11(14(9-10)19-3)12-5-4-6-13(18-2)15(12)16/h4-9,16H,1-3H3. The van der Waals surface area contributed by atoms with Gasteiger partial charge in [-0.1, -0.05) is 12.1 Å². The average Bonchev–Trinajstić information content (AvgIpc) is 2.47. The molecule has 2 aromatic rings. The smallest absolute Gasteiger partial charge is 0.165 e. The van der Waals surface area contributed by atoms with Gasteiger partial charge in [0.05, 0.1) is 21.3 Å². The molecule has 1 N–H and O–H groups in total. The van der Waals surface area contributed by atoms with Gasteiger partial charge in [-0.25, -0.2) is 0 Å². The van der Waals surface area contributed by atoms with E-state index < -0.39 is 0 Å². The molecule has 0 fully saturated rings. The highest BCUT2D eigenvalue weighted by atomic mass is 16.5. The average molecular weight is 260 g/mol. The Kier molecular flexibility index (Phi) is 3.80. The van der Waals surface area contributed by atoms with E-state index in [4.69, 9.17) is 14.2 Å². The second-order valence-electron chi connectivity index (χ2n) is 3.92. The highest BCUT2D eigenvalue weighted by Gasteiger charge is 2.14. The first-order chi connectivity index (χ1) is 9.21. The van der Waals surface area contributed by atoms with Gasteiger partial charge >= 0.3 is 0 Å². The van der Waals surface area contributed by atoms with Gasteiger partial charge in [0.2, 0.25) is 0 Å². The lowest BCUT2D eigenvalue weighted by molar-refractivity contribution is 0.374. The third-order valence-electron chi connectivity index (χ3n) is 2.92. The minimum Gasteiger partial charge on any atom is -0.504 e. The van der Waals surface area contributed by atoms with E-state index in [9.17, 15) is 5.11 Å². The van der Waals surface area contributed by atoms with Crippen LogP contribution in [0, 0.1) is 0 Å². The van der Waals surface area contributed by atoms with Crippen LogP contribution in [0.1, 0.15) is 0 Å². The van der Waals surface area contributed by atoms with E-state index in [1.54, 1.807) is 26.4 Å². The summed E-state index contributed by atoms with van der Waals surface area (Å²) in [5, 5.41) is 10.2. The first kappa shape index (κ1) is 13.1. The van der Waals surface area contributed by atoms with E-state index in [1.165, 1.54) is 7.11 Å². The Hall–Kier alpha value is -2.36. The Labute approximate surface area is 112 Å². The first-order valence-electron chi connectivity index (χ1n) is 5.79. The molecule has 19 heavy (non-hydrogen) atoms. The van der Waals surface area contributed by atoms with Crippen molar-refractivity contribution in [3.05, 3.63) is 36.4 Å². The van der Waals surface area contributed by atoms with Crippen LogP contribution in [0.4, 0.5) is 0 Å². The third-order valence-corrected chi connectivity index (χ3v) is 2.92. The quantitative estimate of drug-likeness (QED) is 0.917. The summed E-state index contributed by atoms with van der Waals surface area (Å²) in [6.45, 7) is 0. The molecule has 0 aromatic heterocycles. The molecular weight excluding hydrogens is 244 g/mol. The number of phenols is 1. The molecule has 2 aromatic carbocycles. The zero-order valence-electron chi connectivity index (χ0n) is 11.1. The molecule has 0 unspecified atom stereocenters. The molecule has 0 aliphatic carbocycles. The fourth-order valence-corrected chi connectivity index (χ4v) is 1.93. The van der Waals surface area contributed by atoms with Gasteiger partial charge in [0, 0.05) is 17.2 Å². The fourth-order valence-electron chi connectivity index (χ4n) is 1.93. The largest absolute Gasteiger partial charge is 0.504 e. The van der Waals surface area contributed by atoms with Crippen LogP contribution in [0.2, 0.25) is 0 Å². The molecule has 0 heterocycles. The molecule has 0 saturated carbocycles. The van der Waals surface area contributed by atoms with Crippen LogP contribution >= 0.6 is 0 Å². The van der Waals surface area contributed by atoms with Crippen LogP contribution in [-0.2, 0) is 0 Å². The van der Waals surface area contributed by atoms with Crippen molar-refractivity contribution in [3.8, 4) is 34.1 Å². The van der Waals surface area contributed by atoms with Crippen LogP contribution < -0.4 is 14.2 Å². The van der Waals surface area contributed by atoms with Gasteiger partial charge in [0.25, 0.3) is 0 Å². The summed E-state index contributed by atoms with van der Waals surface area (Å²) < 4.78 is 15.6. The molecule has 0 saturated heterocycles. The molecule has 100 valence electrons. The monoisotopic (exact) mass is 260 g/mol. The number of aromatic hydroxyl groups is 1. The lowest BCUT2D eigenvalue weighted by Gasteiger charge is -2.13. The molecule has 0 aliphatic rings. The van der Waals surface area contributed by atoms with Crippen LogP contribution in [0.15, 0.2) is 36.4 Å². The molecule has 0 amide bonds. The second kappa shape index (κ2) is 5.52. The van der Waals surface area contributed by atoms with Crippen LogP contribution in [0.25, 0.3) is 11.1 Å². The number of para-hydroxylation sites is 1. The Morgan fingerprint density at radius 3 is 2.16 bits per heavy atom. The summed E-state index contributed by atoms with van der Waals surface area (Å²) in [5.41, 5.74) is 1.43. The fraction of sp³-hybridized carbons (Fsp3) is 0.200. The second-order valence-corrected chi connectivity index (χ2v) is 3.92. The molecule has 0 atom stereocenters. The maximum absolute atomic E-state index is 10.2. The first-order valence-corrected chi connectivity index (χ1v) is 5.79. The van der Waals surface area contributed by atoms with Crippen molar-refractivity contribution in [2.75, 3.05) is 21.3 Å². The maximum atomic E-state index is 10.2. The van der Waals surface area contributed by atoms with Gasteiger partial charge in [0.1, 0.15) is 11.5 Å². The van der Waals surface area contributed by atoms with E-state index >= 15 is 0 Å². The summed E-state index contributed by atoms with van der Waals surface area (Å²) in [4.78, 5) is 0. The Morgan fingerprint density at radius 2 is 1.53 bits per heavy atom. The number of methoxy groups -OCH3 is 3. The summed E-state index contributed by atoms with van der Waals surface area (Å²) in [6, 6.07) is 10.8. The van der Waals surface area contributed by atoms with E-state index in [1.807, 2.05) is 24.3 Å². The van der Waals surface area contributed by atoms with Crippen molar-refractivity contribution in [2.24, 2.45) is 0 Å². The van der Waals surface area contributed by atoms with Gasteiger partial charge in [-0.05, 0) is 18.2 Å². The van der Waals surface area contributed by atoms with Crippen molar-refractivity contribution >= 4 is 0 Å². The topological polar surface area (TPSA) is 47.9 Å². The van der Waals surface area contributed by atoms with E-state index in [0.29, 0.717) is 22.8 Å². The molecule has 0 spiro atoms. The van der Waals surface area contributed by atoms with Crippen molar-refractivity contribution < 1.29 is 19.3 Å². The predicted octanol–water partition coefficient (Wildman–Crippen LogP) is 3.09. The summed E-state index contributed by atoms with van der Waals surface area (Å²) in [5.74, 6) is 1.84. The molecule has 4 heteroatoms. The van der Waals surface area contributed by atoms with Gasteiger partial charge in [-0.15, -0.1) is 0 Å². The molecular formula is C15H16O4. The van der Waals surface area contributed by atoms with E-state index in [-0.39, 0.29) is 5.75 Å². The van der Waals surface area contributed by atoms with E-state index in [2.05, 4.69) is 0 Å². The highest BCUT2D eigenvalue weighted by Crippen LogP contribution is 2.41. The zero-order chi connectivity index (χ0) is 13.8. The lowest BCUT2D eigenvalue weighted by atomic mass is 10.0. The number of benzene rings is 2. The Morgan fingerprint density at radius 1 is 0.789 bits per heavy atom. The van der Waals surface area contributed by atoms with E-state index in [0.717, 1.165) is 5.56 Å². The summed E-state index contributed by atoms with van der Waals surface area (Å²) >= 11 is 0. The van der Waals surface area contributed by atoms with Gasteiger partial charge in [0.15, 0.2) is 11.5 Å². The van der Waals surface area contributed by atoms with Crippen molar-refractivity contribution in [3.63, 3.8) is 0 Å². The number of rotatable bonds is 4. The number of hydrogen-bond donors (Lipinski definition) is 1. The normalized spacial score (nSPS) is 10.1.